The molecular weight excluding hydrogens is 342 g/mol. The molecule has 2 atom stereocenters. The van der Waals surface area contributed by atoms with Crippen molar-refractivity contribution >= 4 is 19.9 Å². The highest BCUT2D eigenvalue weighted by molar-refractivity contribution is 6.74. The van der Waals surface area contributed by atoms with Gasteiger partial charge in [-0.2, -0.15) is 0 Å². The molecule has 0 aromatic heterocycles. The molecule has 1 aromatic carbocycles. The molecule has 0 aliphatic carbocycles. The largest absolute Gasteiger partial charge is 0.491 e. The summed E-state index contributed by atoms with van der Waals surface area (Å²) in [4.78, 5) is 0. The van der Waals surface area contributed by atoms with E-state index in [9.17, 15) is 5.11 Å². The molecule has 0 saturated heterocycles. The third-order valence-corrected chi connectivity index (χ3v) is 9.18. The summed E-state index contributed by atoms with van der Waals surface area (Å²) >= 11 is 5.90. The zero-order valence-electron chi connectivity index (χ0n) is 15.7. The van der Waals surface area contributed by atoms with Gasteiger partial charge in [0.15, 0.2) is 8.32 Å². The van der Waals surface area contributed by atoms with E-state index in [1.54, 1.807) is 12.1 Å². The average Bonchev–Trinajstić information content (AvgIpc) is 2.48. The Labute approximate surface area is 152 Å². The first-order valence-corrected chi connectivity index (χ1v) is 11.7. The van der Waals surface area contributed by atoms with Crippen molar-refractivity contribution in [3.63, 3.8) is 0 Å². The second-order valence-electron chi connectivity index (χ2n) is 7.80. The number of hydrogen-bond acceptors (Lipinski definition) is 4. The monoisotopic (exact) mass is 373 g/mol. The lowest BCUT2D eigenvalue weighted by molar-refractivity contribution is 0.101. The minimum Gasteiger partial charge on any atom is -0.491 e. The highest BCUT2D eigenvalue weighted by Crippen LogP contribution is 2.36. The van der Waals surface area contributed by atoms with Crippen LogP contribution in [0.1, 0.15) is 27.7 Å². The molecule has 0 unspecified atom stereocenters. The summed E-state index contributed by atoms with van der Waals surface area (Å²) in [7, 11) is -1.73. The molecule has 0 aliphatic heterocycles. The first kappa shape index (κ1) is 21.4. The van der Waals surface area contributed by atoms with Gasteiger partial charge in [-0.3, -0.25) is 0 Å². The van der Waals surface area contributed by atoms with Crippen LogP contribution in [0.5, 0.6) is 5.75 Å². The van der Waals surface area contributed by atoms with E-state index in [-0.39, 0.29) is 17.7 Å². The summed E-state index contributed by atoms with van der Waals surface area (Å²) in [5.41, 5.74) is 0. The van der Waals surface area contributed by atoms with Crippen LogP contribution in [-0.2, 0) is 4.43 Å². The van der Waals surface area contributed by atoms with Crippen LogP contribution in [0.15, 0.2) is 24.3 Å². The first-order chi connectivity index (χ1) is 11.0. The zero-order chi connectivity index (χ0) is 18.4. The van der Waals surface area contributed by atoms with Crippen molar-refractivity contribution in [3.05, 3.63) is 29.3 Å². The van der Waals surface area contributed by atoms with Gasteiger partial charge in [0, 0.05) is 24.2 Å². The van der Waals surface area contributed by atoms with Gasteiger partial charge < -0.3 is 19.6 Å². The Morgan fingerprint density at radius 2 is 1.92 bits per heavy atom. The molecule has 1 aromatic rings. The summed E-state index contributed by atoms with van der Waals surface area (Å²) < 4.78 is 11.7. The second kappa shape index (κ2) is 9.20. The van der Waals surface area contributed by atoms with E-state index in [1.807, 2.05) is 12.1 Å². The van der Waals surface area contributed by atoms with Gasteiger partial charge in [-0.05, 0) is 43.3 Å². The molecule has 6 heteroatoms. The minimum absolute atomic E-state index is 0.181. The number of halogens is 1. The van der Waals surface area contributed by atoms with Gasteiger partial charge in [0.25, 0.3) is 0 Å². The number of benzene rings is 1. The number of aliphatic hydroxyl groups excluding tert-OH is 1. The van der Waals surface area contributed by atoms with Gasteiger partial charge in [-0.25, -0.2) is 0 Å². The lowest BCUT2D eigenvalue weighted by Gasteiger charge is -2.37. The number of nitrogens with one attached hydrogen (secondary N) is 1. The van der Waals surface area contributed by atoms with Gasteiger partial charge >= 0.3 is 0 Å². The van der Waals surface area contributed by atoms with Crippen LogP contribution in [-0.4, -0.2) is 45.3 Å². The summed E-state index contributed by atoms with van der Waals surface area (Å²) in [5, 5.41) is 14.2. The third kappa shape index (κ3) is 7.53. The molecule has 0 aliphatic rings. The molecule has 0 saturated carbocycles. The van der Waals surface area contributed by atoms with Crippen molar-refractivity contribution in [2.24, 2.45) is 0 Å². The Morgan fingerprint density at radius 1 is 1.25 bits per heavy atom. The van der Waals surface area contributed by atoms with Crippen molar-refractivity contribution < 1.29 is 14.3 Å². The van der Waals surface area contributed by atoms with Crippen LogP contribution in [0, 0.1) is 0 Å². The molecule has 0 fully saturated rings. The Hall–Kier alpha value is -0.593. The van der Waals surface area contributed by atoms with Gasteiger partial charge in [0.05, 0.1) is 0 Å². The predicted molar refractivity (Wildman–Crippen MR) is 104 cm³/mol. The SMILES string of the molecule is C[C@H](CO[Si](C)(C)C(C)(C)C)NC[C@H](O)COc1cccc(Cl)c1. The minimum atomic E-state index is -1.73. The van der Waals surface area contributed by atoms with Gasteiger partial charge in [-0.1, -0.05) is 38.4 Å². The molecule has 24 heavy (non-hydrogen) atoms. The summed E-state index contributed by atoms with van der Waals surface area (Å²) in [6, 6.07) is 7.35. The number of hydrogen-bond donors (Lipinski definition) is 2. The Balaban J connectivity index is 2.27. The van der Waals surface area contributed by atoms with Crippen LogP contribution in [0.3, 0.4) is 0 Å². The van der Waals surface area contributed by atoms with Crippen molar-refractivity contribution in [1.29, 1.82) is 0 Å². The molecule has 2 N–H and O–H groups in total. The quantitative estimate of drug-likeness (QED) is 0.640. The fourth-order valence-electron chi connectivity index (χ4n) is 1.75. The lowest BCUT2D eigenvalue weighted by atomic mass is 10.2. The Bertz CT molecular complexity index is 505. The van der Waals surface area contributed by atoms with Crippen LogP contribution in [0.4, 0.5) is 0 Å². The fourth-order valence-corrected chi connectivity index (χ4v) is 3.03. The van der Waals surface area contributed by atoms with E-state index in [4.69, 9.17) is 20.8 Å². The molecular formula is C18H32ClNO3Si. The van der Waals surface area contributed by atoms with Gasteiger partial charge in [0.2, 0.25) is 0 Å². The van der Waals surface area contributed by atoms with Crippen molar-refractivity contribution in [1.82, 2.24) is 5.32 Å². The number of aliphatic hydroxyl groups is 1. The van der Waals surface area contributed by atoms with Crippen LogP contribution >= 0.6 is 11.6 Å². The molecule has 1 rings (SSSR count). The fraction of sp³-hybridized carbons (Fsp3) is 0.667. The highest BCUT2D eigenvalue weighted by atomic mass is 35.5. The summed E-state index contributed by atoms with van der Waals surface area (Å²) in [6.07, 6.45) is -0.584. The van der Waals surface area contributed by atoms with Crippen LogP contribution in [0.25, 0.3) is 0 Å². The summed E-state index contributed by atoms with van der Waals surface area (Å²) in [5.74, 6) is 0.663. The molecule has 0 radical (unpaired) electrons. The molecule has 0 spiro atoms. The maximum atomic E-state index is 10.0. The topological polar surface area (TPSA) is 50.7 Å². The standard InChI is InChI=1S/C18H32ClNO3Si/c1-14(12-23-24(5,6)18(2,3)4)20-11-16(21)13-22-17-9-7-8-15(19)10-17/h7-10,14,16,20-21H,11-13H2,1-6H3/t14-,16+/m1/s1. The van der Waals surface area contributed by atoms with Gasteiger partial charge in [-0.15, -0.1) is 0 Å². The Morgan fingerprint density at radius 3 is 2.50 bits per heavy atom. The van der Waals surface area contributed by atoms with E-state index >= 15 is 0 Å². The Kier molecular flexibility index (Phi) is 8.22. The number of rotatable bonds is 9. The van der Waals surface area contributed by atoms with Crippen molar-refractivity contribution in [2.45, 2.75) is 58.0 Å². The van der Waals surface area contributed by atoms with Crippen LogP contribution < -0.4 is 10.1 Å². The second-order valence-corrected chi connectivity index (χ2v) is 13.0. The average molecular weight is 374 g/mol. The summed E-state index contributed by atoms with van der Waals surface area (Å²) in [6.45, 7) is 14.6. The molecule has 0 bridgehead atoms. The van der Waals surface area contributed by atoms with Crippen molar-refractivity contribution in [2.75, 3.05) is 19.8 Å². The number of ether oxygens (including phenoxy) is 1. The maximum absolute atomic E-state index is 10.0. The van der Waals surface area contributed by atoms with Crippen LogP contribution in [0.2, 0.25) is 23.2 Å². The molecule has 0 heterocycles. The zero-order valence-corrected chi connectivity index (χ0v) is 17.5. The molecule has 0 amide bonds. The van der Waals surface area contributed by atoms with E-state index in [0.29, 0.717) is 23.9 Å². The van der Waals surface area contributed by atoms with E-state index in [2.05, 4.69) is 46.1 Å². The molecule has 4 nitrogen and oxygen atoms in total. The first-order valence-electron chi connectivity index (χ1n) is 8.45. The normalized spacial score (nSPS) is 15.2. The lowest BCUT2D eigenvalue weighted by Crippen LogP contribution is -2.45. The smallest absolute Gasteiger partial charge is 0.192 e. The third-order valence-electron chi connectivity index (χ3n) is 4.44. The van der Waals surface area contributed by atoms with E-state index in [1.165, 1.54) is 0 Å². The van der Waals surface area contributed by atoms with E-state index < -0.39 is 14.4 Å². The highest BCUT2D eigenvalue weighted by Gasteiger charge is 2.37. The maximum Gasteiger partial charge on any atom is 0.192 e. The molecule has 138 valence electrons. The van der Waals surface area contributed by atoms with Gasteiger partial charge in [0.1, 0.15) is 18.5 Å². The van der Waals surface area contributed by atoms with E-state index in [0.717, 1.165) is 0 Å². The van der Waals surface area contributed by atoms with Crippen molar-refractivity contribution in [3.8, 4) is 5.75 Å². The predicted octanol–water partition coefficient (Wildman–Crippen LogP) is 4.08.